The largest absolute Gasteiger partial charge is 0.390 e. The first-order chi connectivity index (χ1) is 11.7. The Morgan fingerprint density at radius 3 is 3.08 bits per heavy atom. The fourth-order valence-electron chi connectivity index (χ4n) is 3.10. The molecule has 7 heteroatoms. The third-order valence-electron chi connectivity index (χ3n) is 4.28. The smallest absolute Gasteiger partial charge is 0.269 e. The number of thiophene rings is 1. The van der Waals surface area contributed by atoms with E-state index in [0.29, 0.717) is 18.8 Å². The van der Waals surface area contributed by atoms with Crippen LogP contribution in [-0.4, -0.2) is 51.1 Å². The van der Waals surface area contributed by atoms with Crippen molar-refractivity contribution in [1.29, 1.82) is 0 Å². The molecule has 2 atom stereocenters. The molecule has 124 valence electrons. The molecule has 1 fully saturated rings. The van der Waals surface area contributed by atoms with Gasteiger partial charge in [-0.1, -0.05) is 18.2 Å². The fourth-order valence-corrected chi connectivity index (χ4v) is 4.21. The van der Waals surface area contributed by atoms with Crippen LogP contribution < -0.4 is 5.32 Å². The van der Waals surface area contributed by atoms with Crippen molar-refractivity contribution in [1.82, 2.24) is 20.2 Å². The van der Waals surface area contributed by atoms with Gasteiger partial charge in [0, 0.05) is 29.2 Å². The van der Waals surface area contributed by atoms with Gasteiger partial charge in [-0.05, 0) is 17.5 Å². The lowest BCUT2D eigenvalue weighted by Gasteiger charge is -2.15. The van der Waals surface area contributed by atoms with Crippen LogP contribution in [0.5, 0.6) is 0 Å². The van der Waals surface area contributed by atoms with Crippen molar-refractivity contribution in [3.05, 3.63) is 53.4 Å². The summed E-state index contributed by atoms with van der Waals surface area (Å²) < 4.78 is 1.27. The van der Waals surface area contributed by atoms with Gasteiger partial charge in [-0.15, -0.1) is 11.3 Å². The molecule has 3 heterocycles. The number of imidazole rings is 1. The molecular weight excluding hydrogens is 324 g/mol. The molecule has 0 unspecified atom stereocenters. The summed E-state index contributed by atoms with van der Waals surface area (Å²) in [5.41, 5.74) is 0.408. The monoisotopic (exact) mass is 342 g/mol. The molecule has 1 amide bonds. The number of benzene rings is 1. The average Bonchev–Trinajstić information content (AvgIpc) is 3.28. The molecule has 3 aromatic rings. The number of hydrogen-bond donors (Lipinski definition) is 3. The van der Waals surface area contributed by atoms with Crippen LogP contribution in [0.25, 0.3) is 10.1 Å². The van der Waals surface area contributed by atoms with Gasteiger partial charge in [-0.2, -0.15) is 0 Å². The van der Waals surface area contributed by atoms with Gasteiger partial charge in [-0.3, -0.25) is 9.69 Å². The molecule has 0 saturated carbocycles. The Bertz CT molecular complexity index is 812. The first-order valence-corrected chi connectivity index (χ1v) is 8.68. The highest BCUT2D eigenvalue weighted by atomic mass is 32.1. The Morgan fingerprint density at radius 2 is 2.29 bits per heavy atom. The predicted molar refractivity (Wildman–Crippen MR) is 93.0 cm³/mol. The maximum atomic E-state index is 12.1. The molecule has 3 N–H and O–H groups in total. The van der Waals surface area contributed by atoms with Crippen LogP contribution in [0.2, 0.25) is 0 Å². The molecule has 0 aliphatic carbocycles. The predicted octanol–water partition coefficient (Wildman–Crippen LogP) is 1.60. The number of likely N-dealkylation sites (tertiary alicyclic amines) is 1. The molecule has 0 bridgehead atoms. The number of H-pyrrole nitrogens is 1. The zero-order chi connectivity index (χ0) is 16.5. The summed E-state index contributed by atoms with van der Waals surface area (Å²) in [6, 6.07) is 10.2. The minimum Gasteiger partial charge on any atom is -0.390 e. The highest BCUT2D eigenvalue weighted by Gasteiger charge is 2.32. The molecule has 1 aliphatic heterocycles. The number of aliphatic hydroxyl groups excluding tert-OH is 1. The van der Waals surface area contributed by atoms with E-state index in [0.717, 1.165) is 6.54 Å². The van der Waals surface area contributed by atoms with Crippen LogP contribution in [0.1, 0.15) is 15.4 Å². The number of fused-ring (bicyclic) bond motifs is 1. The second-order valence-electron chi connectivity index (χ2n) is 6.06. The Kier molecular flexibility index (Phi) is 4.05. The Morgan fingerprint density at radius 1 is 1.42 bits per heavy atom. The number of rotatable bonds is 4. The lowest BCUT2D eigenvalue weighted by Crippen LogP contribution is -2.42. The quantitative estimate of drug-likeness (QED) is 0.673. The topological polar surface area (TPSA) is 81.2 Å². The van der Waals surface area contributed by atoms with Crippen molar-refractivity contribution >= 4 is 27.3 Å². The van der Waals surface area contributed by atoms with Gasteiger partial charge in [0.05, 0.1) is 24.7 Å². The number of carbonyl (C=O) groups excluding carboxylic acids is 1. The average molecular weight is 342 g/mol. The summed E-state index contributed by atoms with van der Waals surface area (Å²) in [5.74, 6) is -0.236. The number of β-amino-alcohol motifs (C(OH)–C–C–N with tert-alkyl or cyclic N) is 1. The van der Waals surface area contributed by atoms with Crippen molar-refractivity contribution in [3.8, 4) is 0 Å². The first kappa shape index (κ1) is 15.3. The van der Waals surface area contributed by atoms with Gasteiger partial charge in [0.1, 0.15) is 5.69 Å². The molecule has 4 rings (SSSR count). The summed E-state index contributed by atoms with van der Waals surface area (Å²) in [6.45, 7) is 1.98. The van der Waals surface area contributed by atoms with Gasteiger partial charge in [-0.25, -0.2) is 4.98 Å². The third kappa shape index (κ3) is 3.06. The first-order valence-electron chi connectivity index (χ1n) is 7.86. The summed E-state index contributed by atoms with van der Waals surface area (Å²) in [7, 11) is 0. The maximum absolute atomic E-state index is 12.1. The molecular formula is C17H18N4O2S. The second kappa shape index (κ2) is 6.35. The van der Waals surface area contributed by atoms with Crippen LogP contribution in [0.4, 0.5) is 0 Å². The van der Waals surface area contributed by atoms with Crippen LogP contribution in [-0.2, 0) is 6.54 Å². The summed E-state index contributed by atoms with van der Waals surface area (Å²) >= 11 is 1.77. The van der Waals surface area contributed by atoms with E-state index in [1.165, 1.54) is 27.5 Å². The van der Waals surface area contributed by atoms with Crippen molar-refractivity contribution in [2.45, 2.75) is 18.7 Å². The second-order valence-corrected chi connectivity index (χ2v) is 7.23. The number of aromatic amines is 1. The normalized spacial score (nSPS) is 21.4. The van der Waals surface area contributed by atoms with Crippen molar-refractivity contribution in [3.63, 3.8) is 0 Å². The van der Waals surface area contributed by atoms with Crippen LogP contribution in [0.3, 0.4) is 0 Å². The lowest BCUT2D eigenvalue weighted by atomic mass is 10.2. The number of carbonyl (C=O) groups is 1. The number of aromatic nitrogens is 2. The van der Waals surface area contributed by atoms with E-state index in [9.17, 15) is 9.90 Å². The van der Waals surface area contributed by atoms with Gasteiger partial charge in [0.2, 0.25) is 0 Å². The fraction of sp³-hybridized carbons (Fsp3) is 0.294. The molecule has 2 aromatic heterocycles. The molecule has 24 heavy (non-hydrogen) atoms. The number of amides is 1. The van der Waals surface area contributed by atoms with Crippen molar-refractivity contribution in [2.24, 2.45) is 0 Å². The number of nitrogens with zero attached hydrogens (tertiary/aromatic N) is 2. The van der Waals surface area contributed by atoms with Gasteiger partial charge in [0.15, 0.2) is 0 Å². The number of nitrogens with one attached hydrogen (secondary N) is 2. The maximum Gasteiger partial charge on any atom is 0.269 e. The van der Waals surface area contributed by atoms with E-state index in [-0.39, 0.29) is 11.9 Å². The van der Waals surface area contributed by atoms with E-state index >= 15 is 0 Å². The van der Waals surface area contributed by atoms with E-state index in [1.54, 1.807) is 11.3 Å². The molecule has 6 nitrogen and oxygen atoms in total. The lowest BCUT2D eigenvalue weighted by molar-refractivity contribution is 0.0884. The minimum atomic E-state index is -0.564. The highest BCUT2D eigenvalue weighted by molar-refractivity contribution is 7.19. The number of hydrogen-bond acceptors (Lipinski definition) is 5. The van der Waals surface area contributed by atoms with Crippen LogP contribution in [0.15, 0.2) is 42.9 Å². The molecule has 0 spiro atoms. The Balaban J connectivity index is 1.40. The summed E-state index contributed by atoms with van der Waals surface area (Å²) in [6.07, 6.45) is 2.38. The van der Waals surface area contributed by atoms with E-state index in [4.69, 9.17) is 0 Å². The van der Waals surface area contributed by atoms with Gasteiger partial charge < -0.3 is 15.4 Å². The minimum absolute atomic E-state index is 0.236. The molecule has 1 aromatic carbocycles. The standard InChI is InChI=1S/C17H18N4O2S/c22-15-9-21(7-12-5-11-3-1-2-4-16(11)24-12)8-14(15)20-17(23)13-6-18-10-19-13/h1-6,10,14-15,22H,7-9H2,(H,18,19)(H,20,23)/t14-,15-/m1/s1. The van der Waals surface area contributed by atoms with Crippen molar-refractivity contribution in [2.75, 3.05) is 13.1 Å². The van der Waals surface area contributed by atoms with Crippen LogP contribution in [0, 0.1) is 0 Å². The highest BCUT2D eigenvalue weighted by Crippen LogP contribution is 2.27. The Labute approximate surface area is 143 Å². The zero-order valence-electron chi connectivity index (χ0n) is 13.0. The van der Waals surface area contributed by atoms with Gasteiger partial charge >= 0.3 is 0 Å². The van der Waals surface area contributed by atoms with Crippen molar-refractivity contribution < 1.29 is 9.90 Å². The Hall–Kier alpha value is -2.22. The van der Waals surface area contributed by atoms with Crippen LogP contribution >= 0.6 is 11.3 Å². The summed E-state index contributed by atoms with van der Waals surface area (Å²) in [4.78, 5) is 22.1. The van der Waals surface area contributed by atoms with E-state index in [2.05, 4.69) is 38.4 Å². The van der Waals surface area contributed by atoms with Gasteiger partial charge in [0.25, 0.3) is 5.91 Å². The zero-order valence-corrected chi connectivity index (χ0v) is 13.8. The third-order valence-corrected chi connectivity index (χ3v) is 5.38. The molecule has 1 aliphatic rings. The number of aliphatic hydroxyl groups is 1. The summed E-state index contributed by atoms with van der Waals surface area (Å²) in [5, 5.41) is 14.4. The molecule has 1 saturated heterocycles. The van der Waals surface area contributed by atoms with E-state index in [1.807, 2.05) is 12.1 Å². The SMILES string of the molecule is O=C(N[C@@H]1CN(Cc2cc3ccccc3s2)C[C@H]1O)c1cnc[nH]1. The van der Waals surface area contributed by atoms with E-state index < -0.39 is 6.10 Å². The molecule has 0 radical (unpaired) electrons.